The molecule has 9 rings (SSSR count). The number of fused-ring (bicyclic) bond motifs is 6. The standard InChI is InChI=1S/C43H36N2O2S.C3H6O/c1-43(2)35-27-33(44-37-15-7-3-11-29(37)19-20-30-12-4-8-16-38(30)44)23-25-41(35)48(46,47)42-26-24-34(28-36(42)43)45-39-17-9-5-13-31(39)21-22-32-14-6-10-18-40(32)45;1-3(2)4/h3-18,23-28H,19-22H2,1-2H3;1-2H3. The summed E-state index contributed by atoms with van der Waals surface area (Å²) in [4.78, 5) is 14.9. The Morgan fingerprint density at radius 1 is 0.500 bits per heavy atom. The van der Waals surface area contributed by atoms with Crippen LogP contribution in [0.15, 0.2) is 143 Å². The number of hydrogen-bond acceptors (Lipinski definition) is 5. The van der Waals surface area contributed by atoms with Crippen LogP contribution in [-0.4, -0.2) is 14.2 Å². The van der Waals surface area contributed by atoms with E-state index in [0.29, 0.717) is 9.79 Å². The monoisotopic (exact) mass is 702 g/mol. The molecular weight excluding hydrogens is 661 g/mol. The lowest BCUT2D eigenvalue weighted by Gasteiger charge is -2.37. The van der Waals surface area contributed by atoms with Crippen LogP contribution < -0.4 is 9.80 Å². The minimum Gasteiger partial charge on any atom is -0.310 e. The van der Waals surface area contributed by atoms with Crippen molar-refractivity contribution < 1.29 is 13.2 Å². The summed E-state index contributed by atoms with van der Waals surface area (Å²) in [5.74, 6) is 0.167. The zero-order valence-corrected chi connectivity index (χ0v) is 30.9. The van der Waals surface area contributed by atoms with E-state index in [1.165, 1.54) is 36.1 Å². The molecule has 3 aliphatic heterocycles. The van der Waals surface area contributed by atoms with Gasteiger partial charge in [-0.05, 0) is 134 Å². The summed E-state index contributed by atoms with van der Waals surface area (Å²) in [7, 11) is -3.76. The molecule has 5 nitrogen and oxygen atoms in total. The fraction of sp³-hybridized carbons (Fsp3) is 0.196. The zero-order chi connectivity index (χ0) is 36.2. The SMILES string of the molecule is CC(C)=O.CC1(C)c2cc(N3c4ccccc4CCc4ccccc43)ccc2S(=O)(=O)c2ccc(N3c4ccccc4CCc4ccccc43)cc21. The molecule has 3 heterocycles. The topological polar surface area (TPSA) is 57.7 Å². The number of sulfone groups is 1. The van der Waals surface area contributed by atoms with Gasteiger partial charge in [-0.15, -0.1) is 0 Å². The predicted octanol–water partition coefficient (Wildman–Crippen LogP) is 10.9. The molecule has 52 heavy (non-hydrogen) atoms. The molecule has 0 aromatic heterocycles. The number of carbonyl (C=O) groups is 1. The quantitative estimate of drug-likeness (QED) is 0.180. The first kappa shape index (κ1) is 33.7. The highest BCUT2D eigenvalue weighted by Crippen LogP contribution is 2.51. The van der Waals surface area contributed by atoms with Crippen LogP contribution in [0.2, 0.25) is 0 Å². The van der Waals surface area contributed by atoms with Crippen LogP contribution in [0.4, 0.5) is 34.1 Å². The van der Waals surface area contributed by atoms with Gasteiger partial charge in [-0.2, -0.15) is 0 Å². The van der Waals surface area contributed by atoms with Crippen LogP contribution >= 0.6 is 0 Å². The maximum atomic E-state index is 14.4. The third-order valence-corrected chi connectivity index (χ3v) is 12.5. The van der Waals surface area contributed by atoms with Crippen molar-refractivity contribution in [3.8, 4) is 0 Å². The number of anilines is 6. The summed E-state index contributed by atoms with van der Waals surface area (Å²) in [5, 5.41) is 0. The van der Waals surface area contributed by atoms with Crippen LogP contribution in [0.1, 0.15) is 61.1 Å². The van der Waals surface area contributed by atoms with E-state index in [4.69, 9.17) is 0 Å². The van der Waals surface area contributed by atoms with Crippen molar-refractivity contribution in [3.05, 3.63) is 167 Å². The van der Waals surface area contributed by atoms with Crippen LogP contribution in [-0.2, 0) is 45.7 Å². The Kier molecular flexibility index (Phi) is 8.38. The van der Waals surface area contributed by atoms with E-state index in [9.17, 15) is 13.2 Å². The predicted molar refractivity (Wildman–Crippen MR) is 211 cm³/mol. The number of para-hydroxylation sites is 4. The van der Waals surface area contributed by atoms with Crippen LogP contribution in [0.25, 0.3) is 0 Å². The van der Waals surface area contributed by atoms with E-state index in [1.54, 1.807) is 0 Å². The molecule has 6 heteroatoms. The summed E-state index contributed by atoms with van der Waals surface area (Å²) in [5.41, 5.74) is 12.7. The van der Waals surface area contributed by atoms with Crippen LogP contribution in [0.3, 0.4) is 0 Å². The Labute approximate surface area is 307 Å². The Morgan fingerprint density at radius 2 is 0.788 bits per heavy atom. The van der Waals surface area contributed by atoms with Crippen molar-refractivity contribution in [1.29, 1.82) is 0 Å². The molecule has 0 aliphatic carbocycles. The first-order chi connectivity index (χ1) is 25.1. The fourth-order valence-electron chi connectivity index (χ4n) is 8.14. The van der Waals surface area contributed by atoms with Gasteiger partial charge < -0.3 is 14.6 Å². The Balaban J connectivity index is 0.000000922. The van der Waals surface area contributed by atoms with Crippen LogP contribution in [0, 0.1) is 0 Å². The highest BCUT2D eigenvalue weighted by Gasteiger charge is 2.42. The first-order valence-corrected chi connectivity index (χ1v) is 19.5. The van der Waals surface area contributed by atoms with E-state index < -0.39 is 15.3 Å². The van der Waals surface area contributed by atoms with Gasteiger partial charge in [0.25, 0.3) is 0 Å². The first-order valence-electron chi connectivity index (χ1n) is 18.0. The molecule has 0 N–H and O–H groups in total. The lowest BCUT2D eigenvalue weighted by molar-refractivity contribution is -0.115. The van der Waals surface area contributed by atoms with Crippen LogP contribution in [0.5, 0.6) is 0 Å². The maximum absolute atomic E-state index is 14.4. The largest absolute Gasteiger partial charge is 0.310 e. The highest BCUT2D eigenvalue weighted by molar-refractivity contribution is 7.91. The number of carbonyl (C=O) groups excluding carboxylic acids is 1. The van der Waals surface area contributed by atoms with E-state index in [1.807, 2.05) is 24.3 Å². The number of ketones is 1. The molecular formula is C46H42N2O3S. The summed E-state index contributed by atoms with van der Waals surface area (Å²) in [6, 6.07) is 46.2. The average molecular weight is 703 g/mol. The van der Waals surface area contributed by atoms with Crippen molar-refractivity contribution in [2.45, 2.75) is 68.6 Å². The molecule has 6 aromatic carbocycles. The summed E-state index contributed by atoms with van der Waals surface area (Å²) >= 11 is 0. The van der Waals surface area contributed by atoms with E-state index in [2.05, 4.69) is 133 Å². The summed E-state index contributed by atoms with van der Waals surface area (Å²) < 4.78 is 28.9. The molecule has 0 radical (unpaired) electrons. The molecule has 0 unspecified atom stereocenters. The second-order valence-corrected chi connectivity index (χ2v) is 16.5. The van der Waals surface area contributed by atoms with Crippen molar-refractivity contribution in [2.75, 3.05) is 9.80 Å². The van der Waals surface area contributed by atoms with E-state index in [-0.39, 0.29) is 5.78 Å². The normalized spacial score (nSPS) is 15.8. The Hall–Kier alpha value is -5.46. The van der Waals surface area contributed by atoms with Crippen molar-refractivity contribution in [1.82, 2.24) is 0 Å². The number of hydrogen-bond donors (Lipinski definition) is 0. The van der Waals surface area contributed by atoms with Gasteiger partial charge in [-0.3, -0.25) is 0 Å². The molecule has 0 atom stereocenters. The molecule has 0 bridgehead atoms. The zero-order valence-electron chi connectivity index (χ0n) is 30.1. The third-order valence-electron chi connectivity index (χ3n) is 10.6. The number of benzene rings is 6. The van der Waals surface area contributed by atoms with Crippen molar-refractivity contribution in [3.63, 3.8) is 0 Å². The van der Waals surface area contributed by atoms with Gasteiger partial charge in [0.2, 0.25) is 9.84 Å². The van der Waals surface area contributed by atoms with Gasteiger partial charge in [-0.1, -0.05) is 86.6 Å². The van der Waals surface area contributed by atoms with Gasteiger partial charge in [0.05, 0.1) is 9.79 Å². The fourth-order valence-corrected chi connectivity index (χ4v) is 10.1. The number of rotatable bonds is 2. The highest BCUT2D eigenvalue weighted by atomic mass is 32.2. The van der Waals surface area contributed by atoms with Gasteiger partial charge in [0.15, 0.2) is 0 Å². The lowest BCUT2D eigenvalue weighted by atomic mass is 9.77. The molecule has 0 amide bonds. The average Bonchev–Trinajstić information content (AvgIpc) is 3.42. The second kappa shape index (κ2) is 12.9. The smallest absolute Gasteiger partial charge is 0.207 e. The Morgan fingerprint density at radius 3 is 1.10 bits per heavy atom. The van der Waals surface area contributed by atoms with Crippen molar-refractivity contribution in [2.24, 2.45) is 0 Å². The second-order valence-electron chi connectivity index (χ2n) is 14.6. The van der Waals surface area contributed by atoms with Gasteiger partial charge in [0, 0.05) is 39.5 Å². The number of nitrogens with zero attached hydrogens (tertiary/aromatic N) is 2. The molecule has 0 saturated heterocycles. The van der Waals surface area contributed by atoms with E-state index in [0.717, 1.165) is 70.9 Å². The molecule has 0 saturated carbocycles. The van der Waals surface area contributed by atoms with Gasteiger partial charge >= 0.3 is 0 Å². The maximum Gasteiger partial charge on any atom is 0.207 e. The molecule has 6 aromatic rings. The minimum absolute atomic E-state index is 0.167. The molecule has 260 valence electrons. The summed E-state index contributed by atoms with van der Waals surface area (Å²) in [6.07, 6.45) is 3.81. The molecule has 0 fully saturated rings. The van der Waals surface area contributed by atoms with Gasteiger partial charge in [0.1, 0.15) is 5.78 Å². The number of aryl methyl sites for hydroxylation is 4. The summed E-state index contributed by atoms with van der Waals surface area (Å²) in [6.45, 7) is 7.39. The number of Topliss-reactive ketones (excluding diaryl/α,β-unsaturated/α-hetero) is 1. The Bertz CT molecular complexity index is 2230. The van der Waals surface area contributed by atoms with E-state index >= 15 is 0 Å². The molecule has 0 spiro atoms. The third kappa shape index (κ3) is 5.62. The van der Waals surface area contributed by atoms with Gasteiger partial charge in [-0.25, -0.2) is 8.42 Å². The minimum atomic E-state index is -3.76. The van der Waals surface area contributed by atoms with Crippen molar-refractivity contribution >= 4 is 49.7 Å². The molecule has 3 aliphatic rings. The lowest BCUT2D eigenvalue weighted by Crippen LogP contribution is -2.30.